The molecule has 1 N–H and O–H groups in total. The minimum Gasteiger partial charge on any atom is -0.492 e. The van der Waals surface area contributed by atoms with Gasteiger partial charge in [-0.1, -0.05) is 53.6 Å². The number of carbonyl (C=O) groups is 2. The van der Waals surface area contributed by atoms with Gasteiger partial charge in [0.2, 0.25) is 0 Å². The van der Waals surface area contributed by atoms with Crippen molar-refractivity contribution in [2.75, 3.05) is 18.1 Å². The number of hydrogen-bond acceptors (Lipinski definition) is 4. The molecule has 1 amide bonds. The number of rotatable bonds is 7. The number of ether oxygens (including phenoxy) is 1. The van der Waals surface area contributed by atoms with Gasteiger partial charge in [-0.3, -0.25) is 9.59 Å². The van der Waals surface area contributed by atoms with Crippen molar-refractivity contribution in [2.45, 2.75) is 39.7 Å². The van der Waals surface area contributed by atoms with E-state index in [2.05, 4.69) is 0 Å². The van der Waals surface area contributed by atoms with E-state index in [-0.39, 0.29) is 25.4 Å². The second kappa shape index (κ2) is 8.83. The quantitative estimate of drug-likeness (QED) is 0.533. The zero-order chi connectivity index (χ0) is 23.8. The Balaban J connectivity index is 1.57. The number of benzene rings is 3. The molecule has 0 aliphatic carbocycles. The van der Waals surface area contributed by atoms with Crippen LogP contribution in [0.3, 0.4) is 0 Å². The van der Waals surface area contributed by atoms with Crippen LogP contribution in [0.15, 0.2) is 60.7 Å². The number of nitrogens with zero attached hydrogens (tertiary/aromatic N) is 1. The maximum Gasteiger partial charge on any atom is 0.264 e. The molecular weight excluding hydrogens is 414 g/mol. The van der Waals surface area contributed by atoms with E-state index in [0.29, 0.717) is 16.8 Å². The molecule has 0 bridgehead atoms. The van der Waals surface area contributed by atoms with Gasteiger partial charge in [0.1, 0.15) is 12.4 Å². The van der Waals surface area contributed by atoms with Gasteiger partial charge in [-0.15, -0.1) is 0 Å². The highest BCUT2D eigenvalue weighted by molar-refractivity contribution is 6.11. The number of hydrogen-bond donors (Lipinski definition) is 1. The molecule has 0 radical (unpaired) electrons. The van der Waals surface area contributed by atoms with Crippen molar-refractivity contribution in [3.63, 3.8) is 0 Å². The Kier molecular flexibility index (Phi) is 6.09. The number of anilines is 1. The molecule has 0 saturated carbocycles. The average molecular weight is 444 g/mol. The van der Waals surface area contributed by atoms with E-state index in [1.54, 1.807) is 18.2 Å². The van der Waals surface area contributed by atoms with Crippen molar-refractivity contribution in [1.82, 2.24) is 0 Å². The topological polar surface area (TPSA) is 66.8 Å². The van der Waals surface area contributed by atoms with E-state index in [0.717, 1.165) is 28.0 Å². The summed E-state index contributed by atoms with van der Waals surface area (Å²) in [4.78, 5) is 28.2. The molecule has 1 aliphatic heterocycles. The second-order valence-corrected chi connectivity index (χ2v) is 8.87. The Morgan fingerprint density at radius 1 is 0.939 bits per heavy atom. The van der Waals surface area contributed by atoms with Gasteiger partial charge in [-0.25, -0.2) is 0 Å². The lowest BCUT2D eigenvalue weighted by atomic mass is 9.85. The number of amides is 1. The van der Waals surface area contributed by atoms with Crippen molar-refractivity contribution in [2.24, 2.45) is 0 Å². The number of Topliss-reactive ketones (excluding diaryl/α,β-unsaturated/α-hetero) is 1. The van der Waals surface area contributed by atoms with Crippen LogP contribution in [0, 0.1) is 27.7 Å². The molecule has 1 aliphatic rings. The van der Waals surface area contributed by atoms with Crippen LogP contribution in [0.1, 0.15) is 44.6 Å². The summed E-state index contributed by atoms with van der Waals surface area (Å²) < 4.78 is 5.81. The van der Waals surface area contributed by atoms with E-state index >= 15 is 0 Å². The first-order chi connectivity index (χ1) is 15.7. The number of ketones is 1. The molecule has 1 unspecified atom stereocenters. The number of para-hydroxylation sites is 1. The molecule has 3 aromatic rings. The summed E-state index contributed by atoms with van der Waals surface area (Å²) in [5.41, 5.74) is 3.65. The fourth-order valence-electron chi connectivity index (χ4n) is 4.73. The van der Waals surface area contributed by atoms with Gasteiger partial charge in [0.15, 0.2) is 11.4 Å². The fraction of sp³-hybridized carbons (Fsp3) is 0.286. The molecule has 0 fully saturated rings. The summed E-state index contributed by atoms with van der Waals surface area (Å²) in [6.45, 7) is 8.29. The predicted molar refractivity (Wildman–Crippen MR) is 129 cm³/mol. The Bertz CT molecular complexity index is 1190. The molecule has 1 heterocycles. The van der Waals surface area contributed by atoms with Crippen LogP contribution in [-0.4, -0.2) is 29.9 Å². The molecule has 4 rings (SSSR count). The molecule has 1 atom stereocenters. The van der Waals surface area contributed by atoms with Crippen LogP contribution in [-0.2, 0) is 10.4 Å². The average Bonchev–Trinajstić information content (AvgIpc) is 2.96. The third kappa shape index (κ3) is 4.29. The predicted octanol–water partition coefficient (Wildman–Crippen LogP) is 4.81. The van der Waals surface area contributed by atoms with Crippen molar-refractivity contribution in [1.29, 1.82) is 0 Å². The minimum atomic E-state index is -1.90. The smallest absolute Gasteiger partial charge is 0.264 e. The molecule has 170 valence electrons. The van der Waals surface area contributed by atoms with E-state index in [1.165, 1.54) is 4.90 Å². The lowest BCUT2D eigenvalue weighted by Crippen LogP contribution is -2.43. The van der Waals surface area contributed by atoms with Crippen LogP contribution in [0.2, 0.25) is 0 Å². The maximum atomic E-state index is 13.4. The summed E-state index contributed by atoms with van der Waals surface area (Å²) in [5, 5.41) is 11.5. The molecule has 33 heavy (non-hydrogen) atoms. The Hall–Kier alpha value is -3.44. The Labute approximate surface area is 194 Å². The normalized spacial score (nSPS) is 17.2. The maximum absolute atomic E-state index is 13.4. The first kappa shape index (κ1) is 22.7. The van der Waals surface area contributed by atoms with Gasteiger partial charge in [-0.2, -0.15) is 0 Å². The number of carbonyl (C=O) groups excluding carboxylic acids is 2. The van der Waals surface area contributed by atoms with Gasteiger partial charge in [0.25, 0.3) is 5.91 Å². The summed E-state index contributed by atoms with van der Waals surface area (Å²) in [6, 6.07) is 18.7. The van der Waals surface area contributed by atoms with E-state index in [4.69, 9.17) is 4.74 Å². The highest BCUT2D eigenvalue weighted by atomic mass is 16.5. The summed E-state index contributed by atoms with van der Waals surface area (Å²) in [7, 11) is 0. The third-order valence-corrected chi connectivity index (χ3v) is 6.22. The van der Waals surface area contributed by atoms with Gasteiger partial charge in [-0.05, 0) is 57.0 Å². The zero-order valence-electron chi connectivity index (χ0n) is 19.5. The van der Waals surface area contributed by atoms with Gasteiger partial charge in [0, 0.05) is 11.1 Å². The van der Waals surface area contributed by atoms with Crippen molar-refractivity contribution >= 4 is 17.4 Å². The lowest BCUT2D eigenvalue weighted by Gasteiger charge is -2.23. The summed E-state index contributed by atoms with van der Waals surface area (Å²) >= 11 is 0. The first-order valence-electron chi connectivity index (χ1n) is 11.1. The second-order valence-electron chi connectivity index (χ2n) is 8.87. The van der Waals surface area contributed by atoms with Crippen LogP contribution < -0.4 is 9.64 Å². The molecule has 5 heteroatoms. The molecule has 0 saturated heterocycles. The summed E-state index contributed by atoms with van der Waals surface area (Å²) in [6.07, 6.45) is -0.303. The Morgan fingerprint density at radius 3 is 2.24 bits per heavy atom. The van der Waals surface area contributed by atoms with Crippen LogP contribution in [0.5, 0.6) is 5.75 Å². The van der Waals surface area contributed by atoms with Crippen molar-refractivity contribution < 1.29 is 19.4 Å². The minimum absolute atomic E-state index is 0.242. The van der Waals surface area contributed by atoms with Crippen LogP contribution in [0.25, 0.3) is 0 Å². The molecule has 5 nitrogen and oxygen atoms in total. The molecule has 0 aromatic heterocycles. The molecule has 3 aromatic carbocycles. The highest BCUT2D eigenvalue weighted by Crippen LogP contribution is 2.43. The summed E-state index contributed by atoms with van der Waals surface area (Å²) in [5.74, 6) is -0.0170. The third-order valence-electron chi connectivity index (χ3n) is 6.22. The first-order valence-corrected chi connectivity index (χ1v) is 11.1. The molecular formula is C28H29NO4. The van der Waals surface area contributed by atoms with Crippen molar-refractivity contribution in [3.05, 3.63) is 94.0 Å². The van der Waals surface area contributed by atoms with Gasteiger partial charge >= 0.3 is 0 Å². The number of aliphatic hydroxyl groups is 1. The number of fused-ring (bicyclic) bond motifs is 1. The molecule has 0 spiro atoms. The monoisotopic (exact) mass is 443 g/mol. The Morgan fingerprint density at radius 2 is 1.58 bits per heavy atom. The number of aryl methyl sites for hydroxylation is 4. The van der Waals surface area contributed by atoms with E-state index in [9.17, 15) is 14.7 Å². The fourth-order valence-corrected chi connectivity index (χ4v) is 4.73. The SMILES string of the molecule is Cc1ccc(OCCN2C(=O)C(O)(CC(=O)c3c(C)cc(C)cc3C)c3ccccc32)cc1. The van der Waals surface area contributed by atoms with E-state index < -0.39 is 11.5 Å². The van der Waals surface area contributed by atoms with Crippen LogP contribution in [0.4, 0.5) is 5.69 Å². The van der Waals surface area contributed by atoms with Crippen LogP contribution >= 0.6 is 0 Å². The van der Waals surface area contributed by atoms with Gasteiger partial charge in [0.05, 0.1) is 18.7 Å². The van der Waals surface area contributed by atoms with Gasteiger partial charge < -0.3 is 14.7 Å². The van der Waals surface area contributed by atoms with Crippen molar-refractivity contribution in [3.8, 4) is 5.75 Å². The highest BCUT2D eigenvalue weighted by Gasteiger charge is 2.50. The standard InChI is InChI=1S/C28H29NO4/c1-18-9-11-22(12-10-18)33-14-13-29-24-8-6-5-7-23(24)28(32,27(29)31)17-25(30)26-20(3)15-19(2)16-21(26)4/h5-12,15-16,32H,13-14,17H2,1-4H3. The largest absolute Gasteiger partial charge is 0.492 e. The zero-order valence-corrected chi connectivity index (χ0v) is 19.5. The lowest BCUT2D eigenvalue weighted by molar-refractivity contribution is -0.135. The van der Waals surface area contributed by atoms with E-state index in [1.807, 2.05) is 70.2 Å².